The molecule has 2 heterocycles. The van der Waals surface area contributed by atoms with Gasteiger partial charge in [0.15, 0.2) is 0 Å². The molecular weight excluding hydrogens is 190 g/mol. The predicted octanol–water partition coefficient (Wildman–Crippen LogP) is 0.994. The Labute approximate surface area is 90.8 Å². The molecule has 15 heavy (non-hydrogen) atoms. The van der Waals surface area contributed by atoms with Crippen molar-refractivity contribution in [1.29, 1.82) is 0 Å². The lowest BCUT2D eigenvalue weighted by molar-refractivity contribution is -0.0167. The van der Waals surface area contributed by atoms with Gasteiger partial charge in [0.25, 0.3) is 0 Å². The van der Waals surface area contributed by atoms with Gasteiger partial charge >= 0.3 is 0 Å². The molecule has 84 valence electrons. The van der Waals surface area contributed by atoms with E-state index in [4.69, 9.17) is 4.74 Å². The molecule has 2 rings (SSSR count). The minimum atomic E-state index is 0.149. The highest BCUT2D eigenvalue weighted by molar-refractivity contribution is 4.86. The molecule has 1 aromatic rings. The molecule has 1 aliphatic rings. The van der Waals surface area contributed by atoms with E-state index in [9.17, 15) is 0 Å². The van der Waals surface area contributed by atoms with Crippen LogP contribution < -0.4 is 0 Å². The van der Waals surface area contributed by atoms with Crippen molar-refractivity contribution in [3.63, 3.8) is 0 Å². The summed E-state index contributed by atoms with van der Waals surface area (Å²) in [6.45, 7) is 9.20. The lowest BCUT2D eigenvalue weighted by Crippen LogP contribution is -2.52. The average molecular weight is 209 g/mol. The van der Waals surface area contributed by atoms with Crippen molar-refractivity contribution in [2.75, 3.05) is 26.3 Å². The number of hydrogen-bond donors (Lipinski definition) is 0. The summed E-state index contributed by atoms with van der Waals surface area (Å²) >= 11 is 0. The average Bonchev–Trinajstić information content (AvgIpc) is 2.71. The van der Waals surface area contributed by atoms with Gasteiger partial charge in [-0.3, -0.25) is 9.58 Å². The molecule has 0 aliphatic carbocycles. The molecule has 0 bridgehead atoms. The van der Waals surface area contributed by atoms with Crippen LogP contribution in [0, 0.1) is 0 Å². The van der Waals surface area contributed by atoms with Crippen LogP contribution in [0.5, 0.6) is 0 Å². The van der Waals surface area contributed by atoms with Crippen molar-refractivity contribution < 1.29 is 4.74 Å². The van der Waals surface area contributed by atoms with Crippen molar-refractivity contribution in [1.82, 2.24) is 14.7 Å². The molecule has 4 nitrogen and oxygen atoms in total. The maximum atomic E-state index is 5.37. The molecular formula is C11H19N3O. The maximum absolute atomic E-state index is 5.37. The van der Waals surface area contributed by atoms with E-state index in [1.807, 2.05) is 23.1 Å². The summed E-state index contributed by atoms with van der Waals surface area (Å²) in [6.07, 6.45) is 3.84. The zero-order valence-electron chi connectivity index (χ0n) is 9.52. The monoisotopic (exact) mass is 209 g/mol. The molecule has 1 saturated heterocycles. The zero-order chi connectivity index (χ0) is 10.7. The normalized spacial score (nSPS) is 19.3. The van der Waals surface area contributed by atoms with Crippen LogP contribution in [0.15, 0.2) is 18.5 Å². The van der Waals surface area contributed by atoms with Crippen LogP contribution >= 0.6 is 0 Å². The molecule has 0 amide bonds. The SMILES string of the molecule is CC(C)(Cn1cccn1)N1CCOCC1. The number of rotatable bonds is 3. The second-order valence-electron chi connectivity index (χ2n) is 4.62. The summed E-state index contributed by atoms with van der Waals surface area (Å²) in [5, 5.41) is 4.26. The molecule has 1 aromatic heterocycles. The summed E-state index contributed by atoms with van der Waals surface area (Å²) < 4.78 is 7.36. The standard InChI is InChI=1S/C11H19N3O/c1-11(2,10-14-5-3-4-12-14)13-6-8-15-9-7-13/h3-5H,6-10H2,1-2H3. The quantitative estimate of drug-likeness (QED) is 0.744. The van der Waals surface area contributed by atoms with Gasteiger partial charge in [-0.15, -0.1) is 0 Å². The van der Waals surface area contributed by atoms with E-state index in [1.165, 1.54) is 0 Å². The molecule has 1 fully saturated rings. The van der Waals surface area contributed by atoms with Crippen LogP contribution in [0.3, 0.4) is 0 Å². The molecule has 0 atom stereocenters. The fourth-order valence-corrected chi connectivity index (χ4v) is 2.06. The van der Waals surface area contributed by atoms with Gasteiger partial charge in [-0.1, -0.05) is 0 Å². The lowest BCUT2D eigenvalue weighted by Gasteiger charge is -2.40. The van der Waals surface area contributed by atoms with Crippen molar-refractivity contribution in [3.05, 3.63) is 18.5 Å². The third kappa shape index (κ3) is 2.58. The number of hydrogen-bond acceptors (Lipinski definition) is 3. The van der Waals surface area contributed by atoms with Gasteiger partial charge in [-0.25, -0.2) is 0 Å². The molecule has 1 aliphatic heterocycles. The van der Waals surface area contributed by atoms with Crippen molar-refractivity contribution >= 4 is 0 Å². The summed E-state index contributed by atoms with van der Waals surface area (Å²) in [5.41, 5.74) is 0.149. The first kappa shape index (κ1) is 10.6. The molecule has 0 unspecified atom stereocenters. The Morgan fingerprint density at radius 1 is 1.33 bits per heavy atom. The Balaban J connectivity index is 1.98. The Bertz CT molecular complexity index is 289. The van der Waals surface area contributed by atoms with E-state index in [1.54, 1.807) is 0 Å². The first-order chi connectivity index (χ1) is 7.18. The van der Waals surface area contributed by atoms with Gasteiger partial charge in [0.2, 0.25) is 0 Å². The summed E-state index contributed by atoms with van der Waals surface area (Å²) in [5.74, 6) is 0. The molecule has 0 N–H and O–H groups in total. The van der Waals surface area contributed by atoms with E-state index in [2.05, 4.69) is 23.8 Å². The summed E-state index contributed by atoms with van der Waals surface area (Å²) in [4.78, 5) is 2.47. The number of ether oxygens (including phenoxy) is 1. The van der Waals surface area contributed by atoms with Crippen molar-refractivity contribution in [3.8, 4) is 0 Å². The smallest absolute Gasteiger partial charge is 0.0594 e. The minimum Gasteiger partial charge on any atom is -0.379 e. The van der Waals surface area contributed by atoms with Crippen LogP contribution in [0.1, 0.15) is 13.8 Å². The summed E-state index contributed by atoms with van der Waals surface area (Å²) in [7, 11) is 0. The Morgan fingerprint density at radius 2 is 2.07 bits per heavy atom. The predicted molar refractivity (Wildman–Crippen MR) is 58.7 cm³/mol. The third-order valence-corrected chi connectivity index (χ3v) is 2.98. The maximum Gasteiger partial charge on any atom is 0.0594 e. The number of aromatic nitrogens is 2. The van der Waals surface area contributed by atoms with Crippen molar-refractivity contribution in [2.45, 2.75) is 25.9 Å². The van der Waals surface area contributed by atoms with Gasteiger partial charge in [-0.05, 0) is 19.9 Å². The van der Waals surface area contributed by atoms with E-state index >= 15 is 0 Å². The fraction of sp³-hybridized carbons (Fsp3) is 0.727. The third-order valence-electron chi connectivity index (χ3n) is 2.98. The topological polar surface area (TPSA) is 30.3 Å². The Hall–Kier alpha value is -0.870. The molecule has 0 radical (unpaired) electrons. The summed E-state index contributed by atoms with van der Waals surface area (Å²) in [6, 6.07) is 1.97. The highest BCUT2D eigenvalue weighted by Crippen LogP contribution is 2.17. The molecule has 0 saturated carbocycles. The van der Waals surface area contributed by atoms with E-state index in [-0.39, 0.29) is 5.54 Å². The van der Waals surface area contributed by atoms with E-state index in [0.29, 0.717) is 0 Å². The van der Waals surface area contributed by atoms with Crippen LogP contribution in [0.25, 0.3) is 0 Å². The van der Waals surface area contributed by atoms with Crippen LogP contribution in [-0.2, 0) is 11.3 Å². The van der Waals surface area contributed by atoms with Gasteiger partial charge in [0, 0.05) is 31.0 Å². The second kappa shape index (κ2) is 4.33. The Morgan fingerprint density at radius 3 is 2.67 bits per heavy atom. The lowest BCUT2D eigenvalue weighted by atomic mass is 10.0. The van der Waals surface area contributed by atoms with Crippen LogP contribution in [0.4, 0.5) is 0 Å². The van der Waals surface area contributed by atoms with Gasteiger partial charge in [-0.2, -0.15) is 5.10 Å². The fourth-order valence-electron chi connectivity index (χ4n) is 2.06. The number of nitrogens with zero attached hydrogens (tertiary/aromatic N) is 3. The van der Waals surface area contributed by atoms with Crippen LogP contribution in [0.2, 0.25) is 0 Å². The van der Waals surface area contributed by atoms with Gasteiger partial charge < -0.3 is 4.74 Å². The minimum absolute atomic E-state index is 0.149. The van der Waals surface area contributed by atoms with E-state index in [0.717, 1.165) is 32.8 Å². The highest BCUT2D eigenvalue weighted by Gasteiger charge is 2.28. The van der Waals surface area contributed by atoms with Gasteiger partial charge in [0.1, 0.15) is 0 Å². The first-order valence-electron chi connectivity index (χ1n) is 5.49. The second-order valence-corrected chi connectivity index (χ2v) is 4.62. The largest absolute Gasteiger partial charge is 0.379 e. The molecule has 4 heteroatoms. The first-order valence-corrected chi connectivity index (χ1v) is 5.49. The van der Waals surface area contributed by atoms with E-state index < -0.39 is 0 Å². The zero-order valence-corrected chi connectivity index (χ0v) is 9.52. The molecule has 0 spiro atoms. The number of morpholine rings is 1. The molecule has 0 aromatic carbocycles. The highest BCUT2D eigenvalue weighted by atomic mass is 16.5. The Kier molecular flexibility index (Phi) is 3.07. The van der Waals surface area contributed by atoms with Crippen LogP contribution in [-0.4, -0.2) is 46.5 Å². The van der Waals surface area contributed by atoms with Crippen molar-refractivity contribution in [2.24, 2.45) is 0 Å². The van der Waals surface area contributed by atoms with Gasteiger partial charge in [0.05, 0.1) is 19.8 Å².